The average molecular weight is 284 g/mol. The second kappa shape index (κ2) is 6.03. The maximum absolute atomic E-state index is 9.26. The number of hydrogen-bond donors (Lipinski definition) is 0. The van der Waals surface area contributed by atoms with Gasteiger partial charge in [-0.15, -0.1) is 0 Å². The van der Waals surface area contributed by atoms with Crippen LogP contribution in [0, 0.1) is 22.7 Å². The lowest BCUT2D eigenvalue weighted by Crippen LogP contribution is -2.54. The van der Waals surface area contributed by atoms with Crippen LogP contribution in [-0.4, -0.2) is 43.7 Å². The van der Waals surface area contributed by atoms with E-state index < -0.39 is 5.54 Å². The minimum absolute atomic E-state index is 0.446. The summed E-state index contributed by atoms with van der Waals surface area (Å²) in [5, 5.41) is 18.5. The normalized spacial score (nSPS) is 16.1. The molecular weight excluding hydrogens is 264 g/mol. The van der Waals surface area contributed by atoms with Crippen molar-refractivity contribution in [2.75, 3.05) is 38.2 Å². The van der Waals surface area contributed by atoms with E-state index in [4.69, 9.17) is 4.74 Å². The summed E-state index contributed by atoms with van der Waals surface area (Å²) in [6.45, 7) is 7.09. The summed E-state index contributed by atoms with van der Waals surface area (Å²) in [4.78, 5) is 4.36. The van der Waals surface area contributed by atoms with Crippen LogP contribution in [0.1, 0.15) is 19.4 Å². The fourth-order valence-electron chi connectivity index (χ4n) is 2.57. The van der Waals surface area contributed by atoms with Gasteiger partial charge in [-0.2, -0.15) is 10.5 Å². The quantitative estimate of drug-likeness (QED) is 0.849. The molecule has 1 aliphatic rings. The summed E-state index contributed by atoms with van der Waals surface area (Å²) in [5.74, 6) is 0.754. The van der Waals surface area contributed by atoms with E-state index >= 15 is 0 Å². The number of rotatable bonds is 3. The van der Waals surface area contributed by atoms with Crippen molar-refractivity contribution in [1.29, 1.82) is 10.5 Å². The summed E-state index contributed by atoms with van der Waals surface area (Å²) in [5.41, 5.74) is 1.12. The molecule has 2 rings (SSSR count). The Labute approximate surface area is 125 Å². The minimum atomic E-state index is -0.446. The SMILES string of the molecule is COc1ccc(C#N)c(N2CCN(C(C)(C)C#N)CC2)c1. The first-order chi connectivity index (χ1) is 10.0. The number of anilines is 1. The molecule has 0 unspecified atom stereocenters. The van der Waals surface area contributed by atoms with Crippen LogP contribution in [0.3, 0.4) is 0 Å². The Balaban J connectivity index is 2.16. The minimum Gasteiger partial charge on any atom is -0.497 e. The molecule has 0 aromatic heterocycles. The van der Waals surface area contributed by atoms with Crippen LogP contribution in [0.5, 0.6) is 5.75 Å². The number of benzene rings is 1. The molecule has 1 aromatic rings. The maximum atomic E-state index is 9.26. The number of nitrogens with zero attached hydrogens (tertiary/aromatic N) is 4. The van der Waals surface area contributed by atoms with E-state index in [1.54, 1.807) is 19.2 Å². The van der Waals surface area contributed by atoms with Crippen LogP contribution in [0.2, 0.25) is 0 Å². The van der Waals surface area contributed by atoms with Gasteiger partial charge in [-0.1, -0.05) is 0 Å². The lowest BCUT2D eigenvalue weighted by atomic mass is 10.0. The van der Waals surface area contributed by atoms with Gasteiger partial charge in [-0.05, 0) is 26.0 Å². The highest BCUT2D eigenvalue weighted by Gasteiger charge is 2.30. The van der Waals surface area contributed by atoms with Gasteiger partial charge in [0.15, 0.2) is 0 Å². The van der Waals surface area contributed by atoms with E-state index in [2.05, 4.69) is 21.9 Å². The Morgan fingerprint density at radius 2 is 1.81 bits per heavy atom. The molecule has 1 fully saturated rings. The maximum Gasteiger partial charge on any atom is 0.121 e. The van der Waals surface area contributed by atoms with Crippen LogP contribution >= 0.6 is 0 Å². The largest absolute Gasteiger partial charge is 0.497 e. The number of nitriles is 2. The highest BCUT2D eigenvalue weighted by atomic mass is 16.5. The Hall–Kier alpha value is -2.24. The van der Waals surface area contributed by atoms with Gasteiger partial charge in [0.1, 0.15) is 17.4 Å². The lowest BCUT2D eigenvalue weighted by molar-refractivity contribution is 0.158. The van der Waals surface area contributed by atoms with Gasteiger partial charge in [0.25, 0.3) is 0 Å². The lowest BCUT2D eigenvalue weighted by Gasteiger charge is -2.41. The Bertz CT molecular complexity index is 589. The van der Waals surface area contributed by atoms with Gasteiger partial charge in [0.2, 0.25) is 0 Å². The molecule has 110 valence electrons. The van der Waals surface area contributed by atoms with Crippen LogP contribution in [0.15, 0.2) is 18.2 Å². The molecule has 0 N–H and O–H groups in total. The van der Waals surface area contributed by atoms with E-state index in [1.165, 1.54) is 0 Å². The average Bonchev–Trinajstić information content (AvgIpc) is 2.54. The molecule has 0 amide bonds. The molecule has 0 saturated carbocycles. The number of methoxy groups -OCH3 is 1. The first kappa shape index (κ1) is 15.2. The number of piperazine rings is 1. The molecule has 1 aromatic carbocycles. The van der Waals surface area contributed by atoms with Gasteiger partial charge in [0.05, 0.1) is 24.4 Å². The predicted octanol–water partition coefficient (Wildman–Crippen LogP) is 1.99. The Morgan fingerprint density at radius 1 is 1.14 bits per heavy atom. The molecule has 5 heteroatoms. The van der Waals surface area contributed by atoms with Gasteiger partial charge in [-0.3, -0.25) is 4.90 Å². The zero-order valence-electron chi connectivity index (χ0n) is 12.8. The van der Waals surface area contributed by atoms with Crippen molar-refractivity contribution in [2.45, 2.75) is 19.4 Å². The number of ether oxygens (including phenoxy) is 1. The third kappa shape index (κ3) is 3.09. The van der Waals surface area contributed by atoms with Gasteiger partial charge in [0, 0.05) is 32.2 Å². The Morgan fingerprint density at radius 3 is 2.33 bits per heavy atom. The molecule has 0 bridgehead atoms. The van der Waals surface area contributed by atoms with Crippen molar-refractivity contribution >= 4 is 5.69 Å². The van der Waals surface area contributed by atoms with Crippen molar-refractivity contribution in [3.8, 4) is 17.9 Å². The Kier molecular flexibility index (Phi) is 4.35. The molecule has 0 spiro atoms. The van der Waals surface area contributed by atoms with Crippen molar-refractivity contribution < 1.29 is 4.74 Å². The van der Waals surface area contributed by atoms with E-state index in [0.717, 1.165) is 37.6 Å². The van der Waals surface area contributed by atoms with Gasteiger partial charge >= 0.3 is 0 Å². The van der Waals surface area contributed by atoms with Gasteiger partial charge in [-0.25, -0.2) is 0 Å². The highest BCUT2D eigenvalue weighted by Crippen LogP contribution is 2.27. The smallest absolute Gasteiger partial charge is 0.121 e. The van der Waals surface area contributed by atoms with Gasteiger partial charge < -0.3 is 9.64 Å². The summed E-state index contributed by atoms with van der Waals surface area (Å²) >= 11 is 0. The molecular formula is C16H20N4O. The molecule has 0 radical (unpaired) electrons. The topological polar surface area (TPSA) is 63.3 Å². The predicted molar refractivity (Wildman–Crippen MR) is 81.2 cm³/mol. The van der Waals surface area contributed by atoms with E-state index in [1.807, 2.05) is 19.9 Å². The third-order valence-corrected chi connectivity index (χ3v) is 4.01. The first-order valence-electron chi connectivity index (χ1n) is 7.01. The highest BCUT2D eigenvalue weighted by molar-refractivity contribution is 5.62. The standard InChI is InChI=1S/C16H20N4O/c1-16(2,12-18)20-8-6-19(7-9-20)15-10-14(21-3)5-4-13(15)11-17/h4-5,10H,6-9H2,1-3H3. The molecule has 0 atom stereocenters. The van der Waals surface area contributed by atoms with Crippen LogP contribution < -0.4 is 9.64 Å². The summed E-state index contributed by atoms with van der Waals surface area (Å²) in [6.07, 6.45) is 0. The third-order valence-electron chi connectivity index (χ3n) is 4.01. The van der Waals surface area contributed by atoms with E-state index in [9.17, 15) is 10.5 Å². The fourth-order valence-corrected chi connectivity index (χ4v) is 2.57. The zero-order chi connectivity index (χ0) is 15.5. The van der Waals surface area contributed by atoms with Crippen molar-refractivity contribution in [3.05, 3.63) is 23.8 Å². The number of hydrogen-bond acceptors (Lipinski definition) is 5. The van der Waals surface area contributed by atoms with Crippen molar-refractivity contribution in [2.24, 2.45) is 0 Å². The van der Waals surface area contributed by atoms with Crippen molar-refractivity contribution in [3.63, 3.8) is 0 Å². The molecule has 0 aliphatic carbocycles. The van der Waals surface area contributed by atoms with Crippen LogP contribution in [-0.2, 0) is 0 Å². The molecule has 1 aliphatic heterocycles. The zero-order valence-corrected chi connectivity index (χ0v) is 12.8. The monoisotopic (exact) mass is 284 g/mol. The second-order valence-electron chi connectivity index (χ2n) is 5.64. The van der Waals surface area contributed by atoms with Crippen molar-refractivity contribution in [1.82, 2.24) is 4.90 Å². The molecule has 1 saturated heterocycles. The van der Waals surface area contributed by atoms with E-state index in [0.29, 0.717) is 5.56 Å². The van der Waals surface area contributed by atoms with E-state index in [-0.39, 0.29) is 0 Å². The summed E-state index contributed by atoms with van der Waals surface area (Å²) < 4.78 is 5.25. The fraction of sp³-hybridized carbons (Fsp3) is 0.500. The van der Waals surface area contributed by atoms with Crippen LogP contribution in [0.25, 0.3) is 0 Å². The first-order valence-corrected chi connectivity index (χ1v) is 7.01. The summed E-state index contributed by atoms with van der Waals surface area (Å²) in [7, 11) is 1.62. The second-order valence-corrected chi connectivity index (χ2v) is 5.64. The van der Waals surface area contributed by atoms with Crippen LogP contribution in [0.4, 0.5) is 5.69 Å². The molecule has 21 heavy (non-hydrogen) atoms. The molecule has 1 heterocycles. The molecule has 5 nitrogen and oxygen atoms in total. The summed E-state index contributed by atoms with van der Waals surface area (Å²) in [6, 6.07) is 10.1.